The highest BCUT2D eigenvalue weighted by molar-refractivity contribution is 7.89. The fourth-order valence-electron chi connectivity index (χ4n) is 2.69. The molecule has 0 amide bonds. The maximum absolute atomic E-state index is 13.2. The lowest BCUT2D eigenvalue weighted by Gasteiger charge is -2.19. The maximum atomic E-state index is 13.2. The summed E-state index contributed by atoms with van der Waals surface area (Å²) in [5.41, 5.74) is 0.688. The SMILES string of the molecule is CO[C@@H](C)CS(=O)(=O)N1CC[C@@H](Cc2ccc(F)c(F)c2)C1. The highest BCUT2D eigenvalue weighted by atomic mass is 32.2. The van der Waals surface area contributed by atoms with E-state index in [4.69, 9.17) is 4.74 Å². The summed E-state index contributed by atoms with van der Waals surface area (Å²) in [5.74, 6) is -1.65. The van der Waals surface area contributed by atoms with Crippen LogP contribution < -0.4 is 0 Å². The summed E-state index contributed by atoms with van der Waals surface area (Å²) in [5, 5.41) is 0. The molecule has 1 aromatic carbocycles. The first-order valence-electron chi connectivity index (χ1n) is 7.26. The third-order valence-corrected chi connectivity index (χ3v) is 6.01. The van der Waals surface area contributed by atoms with Gasteiger partial charge in [0.15, 0.2) is 11.6 Å². The molecule has 22 heavy (non-hydrogen) atoms. The van der Waals surface area contributed by atoms with Gasteiger partial charge in [0.2, 0.25) is 10.0 Å². The van der Waals surface area contributed by atoms with Crippen LogP contribution in [0.1, 0.15) is 18.9 Å². The minimum absolute atomic E-state index is 0.0403. The number of hydrogen-bond acceptors (Lipinski definition) is 3. The normalized spacial score (nSPS) is 21.2. The van der Waals surface area contributed by atoms with Crippen molar-refractivity contribution in [3.63, 3.8) is 0 Å². The van der Waals surface area contributed by atoms with Gasteiger partial charge in [-0.15, -0.1) is 0 Å². The molecule has 1 aliphatic rings. The van der Waals surface area contributed by atoms with Crippen LogP contribution in [0.5, 0.6) is 0 Å². The van der Waals surface area contributed by atoms with Gasteiger partial charge in [-0.2, -0.15) is 0 Å². The van der Waals surface area contributed by atoms with Crippen molar-refractivity contribution in [2.75, 3.05) is 26.0 Å². The van der Waals surface area contributed by atoms with Gasteiger partial charge >= 0.3 is 0 Å². The van der Waals surface area contributed by atoms with E-state index >= 15 is 0 Å². The Balaban J connectivity index is 1.96. The molecule has 0 saturated carbocycles. The molecule has 7 heteroatoms. The molecule has 1 heterocycles. The number of rotatable bonds is 6. The highest BCUT2D eigenvalue weighted by Gasteiger charge is 2.32. The molecule has 0 N–H and O–H groups in total. The van der Waals surface area contributed by atoms with Crippen molar-refractivity contribution in [3.05, 3.63) is 35.4 Å². The molecule has 2 atom stereocenters. The quantitative estimate of drug-likeness (QED) is 0.802. The predicted octanol–water partition coefficient (Wildman–Crippen LogP) is 2.19. The number of benzene rings is 1. The number of methoxy groups -OCH3 is 1. The molecule has 4 nitrogen and oxygen atoms in total. The Hall–Kier alpha value is -1.05. The number of hydrogen-bond donors (Lipinski definition) is 0. The second-order valence-corrected chi connectivity index (χ2v) is 7.80. The Morgan fingerprint density at radius 1 is 1.36 bits per heavy atom. The van der Waals surface area contributed by atoms with Gasteiger partial charge in [0.05, 0.1) is 11.9 Å². The average Bonchev–Trinajstić information content (AvgIpc) is 2.92. The highest BCUT2D eigenvalue weighted by Crippen LogP contribution is 2.24. The first-order valence-corrected chi connectivity index (χ1v) is 8.87. The third kappa shape index (κ3) is 4.24. The molecule has 124 valence electrons. The second-order valence-electron chi connectivity index (χ2n) is 5.79. The van der Waals surface area contributed by atoms with E-state index in [1.54, 1.807) is 13.0 Å². The number of sulfonamides is 1. The van der Waals surface area contributed by atoms with Crippen molar-refractivity contribution < 1.29 is 21.9 Å². The van der Waals surface area contributed by atoms with Crippen LogP contribution in [0, 0.1) is 17.6 Å². The zero-order chi connectivity index (χ0) is 16.3. The summed E-state index contributed by atoms with van der Waals surface area (Å²) in [6.45, 7) is 2.59. The van der Waals surface area contributed by atoms with E-state index in [1.165, 1.54) is 17.5 Å². The zero-order valence-corrected chi connectivity index (χ0v) is 13.6. The van der Waals surface area contributed by atoms with E-state index in [2.05, 4.69) is 0 Å². The topological polar surface area (TPSA) is 46.6 Å². The smallest absolute Gasteiger partial charge is 0.216 e. The molecule has 0 unspecified atom stereocenters. The molecular formula is C15H21F2NO3S. The molecule has 0 spiro atoms. The Bertz CT molecular complexity index is 621. The van der Waals surface area contributed by atoms with Gasteiger partial charge in [0.25, 0.3) is 0 Å². The van der Waals surface area contributed by atoms with E-state index in [0.29, 0.717) is 25.1 Å². The molecule has 1 fully saturated rings. The van der Waals surface area contributed by atoms with E-state index in [0.717, 1.165) is 12.5 Å². The van der Waals surface area contributed by atoms with Gasteiger partial charge in [-0.1, -0.05) is 6.07 Å². The molecule has 1 saturated heterocycles. The summed E-state index contributed by atoms with van der Waals surface area (Å²) < 4.78 is 57.1. The maximum Gasteiger partial charge on any atom is 0.216 e. The minimum Gasteiger partial charge on any atom is -0.381 e. The number of nitrogens with zero attached hydrogens (tertiary/aromatic N) is 1. The first kappa shape index (κ1) is 17.3. The first-order chi connectivity index (χ1) is 10.3. The molecule has 0 aliphatic carbocycles. The number of ether oxygens (including phenoxy) is 1. The molecule has 0 aromatic heterocycles. The molecular weight excluding hydrogens is 312 g/mol. The van der Waals surface area contributed by atoms with Crippen molar-refractivity contribution in [1.82, 2.24) is 4.31 Å². The zero-order valence-electron chi connectivity index (χ0n) is 12.8. The van der Waals surface area contributed by atoms with Crippen LogP contribution >= 0.6 is 0 Å². The fraction of sp³-hybridized carbons (Fsp3) is 0.600. The lowest BCUT2D eigenvalue weighted by atomic mass is 9.99. The molecule has 1 aromatic rings. The predicted molar refractivity (Wildman–Crippen MR) is 80.0 cm³/mol. The molecule has 1 aliphatic heterocycles. The Morgan fingerprint density at radius 3 is 2.73 bits per heavy atom. The Kier molecular flexibility index (Phi) is 5.52. The van der Waals surface area contributed by atoms with Gasteiger partial charge < -0.3 is 4.74 Å². The lowest BCUT2D eigenvalue weighted by Crippen LogP contribution is -2.35. The summed E-state index contributed by atoms with van der Waals surface area (Å²) in [4.78, 5) is 0. The molecule has 0 radical (unpaired) electrons. The van der Waals surface area contributed by atoms with Gasteiger partial charge in [-0.25, -0.2) is 21.5 Å². The van der Waals surface area contributed by atoms with Crippen LogP contribution in [0.3, 0.4) is 0 Å². The van der Waals surface area contributed by atoms with Crippen LogP contribution in [0.2, 0.25) is 0 Å². The van der Waals surface area contributed by atoms with Gasteiger partial charge in [-0.05, 0) is 43.4 Å². The second kappa shape index (κ2) is 7.02. The standard InChI is InChI=1S/C15H21F2NO3S/c1-11(21-2)10-22(19,20)18-6-5-13(9-18)7-12-3-4-14(16)15(17)8-12/h3-4,8,11,13H,5-7,9-10H2,1-2H3/t11-,13-/m0/s1. The van der Waals surface area contributed by atoms with Crippen molar-refractivity contribution in [2.45, 2.75) is 25.9 Å². The van der Waals surface area contributed by atoms with Gasteiger partial charge in [0, 0.05) is 20.2 Å². The van der Waals surface area contributed by atoms with Crippen LogP contribution in [0.4, 0.5) is 8.78 Å². The van der Waals surface area contributed by atoms with Crippen LogP contribution in [-0.4, -0.2) is 44.8 Å². The largest absolute Gasteiger partial charge is 0.381 e. The Labute approximate surface area is 130 Å². The third-order valence-electron chi connectivity index (χ3n) is 4.00. The summed E-state index contributed by atoms with van der Waals surface area (Å²) >= 11 is 0. The van der Waals surface area contributed by atoms with Crippen LogP contribution in [-0.2, 0) is 21.2 Å². The monoisotopic (exact) mass is 333 g/mol. The van der Waals surface area contributed by atoms with Crippen LogP contribution in [0.25, 0.3) is 0 Å². The lowest BCUT2D eigenvalue weighted by molar-refractivity contribution is 0.135. The Morgan fingerprint density at radius 2 is 2.09 bits per heavy atom. The minimum atomic E-state index is -3.34. The summed E-state index contributed by atoms with van der Waals surface area (Å²) in [7, 11) is -1.85. The summed E-state index contributed by atoms with van der Waals surface area (Å²) in [6, 6.07) is 3.83. The van der Waals surface area contributed by atoms with Crippen molar-refractivity contribution in [1.29, 1.82) is 0 Å². The fourth-order valence-corrected chi connectivity index (χ4v) is 4.45. The van der Waals surface area contributed by atoms with E-state index < -0.39 is 21.7 Å². The van der Waals surface area contributed by atoms with Gasteiger partial charge in [0.1, 0.15) is 0 Å². The number of halogens is 2. The molecule has 2 rings (SSSR count). The van der Waals surface area contributed by atoms with Gasteiger partial charge in [-0.3, -0.25) is 0 Å². The van der Waals surface area contributed by atoms with E-state index in [-0.39, 0.29) is 17.8 Å². The van der Waals surface area contributed by atoms with E-state index in [9.17, 15) is 17.2 Å². The van der Waals surface area contributed by atoms with Crippen molar-refractivity contribution in [2.24, 2.45) is 5.92 Å². The summed E-state index contributed by atoms with van der Waals surface area (Å²) in [6.07, 6.45) is 0.915. The van der Waals surface area contributed by atoms with E-state index in [1.807, 2.05) is 0 Å². The van der Waals surface area contributed by atoms with Crippen molar-refractivity contribution in [3.8, 4) is 0 Å². The average molecular weight is 333 g/mol. The van der Waals surface area contributed by atoms with Crippen molar-refractivity contribution >= 4 is 10.0 Å². The van der Waals surface area contributed by atoms with Crippen LogP contribution in [0.15, 0.2) is 18.2 Å². The molecule has 0 bridgehead atoms.